The molecule has 39 heavy (non-hydrogen) atoms. The molecule has 0 saturated carbocycles. The average Bonchev–Trinajstić information content (AvgIpc) is 3.46. The standard InChI is InChI=1S/C27H24N6O5S/c34-24(18-39-27-30-29-25(38-27)22-8-4-5-9-23(22)33(36)37)28-20-10-12-21(13-11-20)31-14-16-32(17-15-31)26(35)19-6-2-1-3-7-19/h1-13H,14-18H2,(H,28,34). The van der Waals surface area contributed by atoms with Gasteiger partial charge < -0.3 is 19.5 Å². The van der Waals surface area contributed by atoms with Crippen LogP contribution in [-0.4, -0.2) is 63.8 Å². The lowest BCUT2D eigenvalue weighted by Gasteiger charge is -2.36. The number of nitro benzene ring substituents is 1. The lowest BCUT2D eigenvalue weighted by Crippen LogP contribution is -2.48. The zero-order chi connectivity index (χ0) is 27.2. The third-order valence-electron chi connectivity index (χ3n) is 6.17. The highest BCUT2D eigenvalue weighted by atomic mass is 32.2. The van der Waals surface area contributed by atoms with E-state index in [2.05, 4.69) is 20.4 Å². The Labute approximate surface area is 228 Å². The second kappa shape index (κ2) is 11.8. The summed E-state index contributed by atoms with van der Waals surface area (Å²) in [5.41, 5.74) is 2.44. The number of carbonyl (C=O) groups is 2. The Morgan fingerprint density at radius 2 is 1.62 bits per heavy atom. The van der Waals surface area contributed by atoms with Gasteiger partial charge in [0.15, 0.2) is 0 Å². The first-order valence-corrected chi connectivity index (χ1v) is 13.2. The summed E-state index contributed by atoms with van der Waals surface area (Å²) in [7, 11) is 0. The first kappa shape index (κ1) is 25.9. The summed E-state index contributed by atoms with van der Waals surface area (Å²) in [4.78, 5) is 39.9. The van der Waals surface area contributed by atoms with E-state index in [4.69, 9.17) is 4.42 Å². The minimum atomic E-state index is -0.516. The van der Waals surface area contributed by atoms with Gasteiger partial charge in [0.25, 0.3) is 22.7 Å². The number of benzene rings is 3. The van der Waals surface area contributed by atoms with E-state index in [9.17, 15) is 19.7 Å². The number of anilines is 2. The molecule has 1 N–H and O–H groups in total. The SMILES string of the molecule is O=C(CSc1nnc(-c2ccccc2[N+](=O)[O-])o1)Nc1ccc(N2CCN(C(=O)c3ccccc3)CC2)cc1. The average molecular weight is 545 g/mol. The van der Waals surface area contributed by atoms with Gasteiger partial charge in [-0.25, -0.2) is 0 Å². The van der Waals surface area contributed by atoms with Crippen LogP contribution in [0.5, 0.6) is 0 Å². The lowest BCUT2D eigenvalue weighted by molar-refractivity contribution is -0.384. The van der Waals surface area contributed by atoms with Gasteiger partial charge in [-0.2, -0.15) is 0 Å². The van der Waals surface area contributed by atoms with E-state index in [1.54, 1.807) is 12.1 Å². The monoisotopic (exact) mass is 544 g/mol. The highest BCUT2D eigenvalue weighted by Gasteiger charge is 2.23. The smallest absolute Gasteiger partial charge is 0.282 e. The van der Waals surface area contributed by atoms with Gasteiger partial charge in [-0.15, -0.1) is 10.2 Å². The fourth-order valence-electron chi connectivity index (χ4n) is 4.20. The van der Waals surface area contributed by atoms with Gasteiger partial charge in [0.05, 0.1) is 10.7 Å². The van der Waals surface area contributed by atoms with Crippen molar-refractivity contribution in [3.63, 3.8) is 0 Å². The van der Waals surface area contributed by atoms with Crippen molar-refractivity contribution < 1.29 is 18.9 Å². The topological polar surface area (TPSA) is 135 Å². The minimum Gasteiger partial charge on any atom is -0.411 e. The number of amides is 2. The largest absolute Gasteiger partial charge is 0.411 e. The number of hydrogen-bond acceptors (Lipinski definition) is 9. The second-order valence-electron chi connectivity index (χ2n) is 8.68. The number of aromatic nitrogens is 2. The fourth-order valence-corrected chi connectivity index (χ4v) is 4.76. The van der Waals surface area contributed by atoms with E-state index in [0.29, 0.717) is 24.3 Å². The predicted molar refractivity (Wildman–Crippen MR) is 147 cm³/mol. The van der Waals surface area contributed by atoms with Crippen LogP contribution in [0.15, 0.2) is 88.5 Å². The maximum atomic E-state index is 12.7. The molecule has 0 atom stereocenters. The van der Waals surface area contributed by atoms with Crippen LogP contribution < -0.4 is 10.2 Å². The molecule has 0 spiro atoms. The zero-order valence-electron chi connectivity index (χ0n) is 20.7. The van der Waals surface area contributed by atoms with Crippen molar-refractivity contribution in [3.05, 3.63) is 94.5 Å². The molecular weight excluding hydrogens is 520 g/mol. The van der Waals surface area contributed by atoms with Crippen LogP contribution in [0.4, 0.5) is 17.1 Å². The summed E-state index contributed by atoms with van der Waals surface area (Å²) in [6.07, 6.45) is 0. The molecule has 1 fully saturated rings. The van der Waals surface area contributed by atoms with Gasteiger partial charge >= 0.3 is 0 Å². The molecule has 11 nitrogen and oxygen atoms in total. The maximum Gasteiger partial charge on any atom is 0.282 e. The predicted octanol–water partition coefficient (Wildman–Crippen LogP) is 4.34. The molecule has 1 aliphatic heterocycles. The molecule has 2 amide bonds. The van der Waals surface area contributed by atoms with Crippen molar-refractivity contribution in [2.24, 2.45) is 0 Å². The van der Waals surface area contributed by atoms with Crippen LogP contribution in [0.2, 0.25) is 0 Å². The van der Waals surface area contributed by atoms with Gasteiger partial charge in [0.1, 0.15) is 5.56 Å². The molecule has 1 aromatic heterocycles. The lowest BCUT2D eigenvalue weighted by atomic mass is 10.1. The quantitative estimate of drug-likeness (QED) is 0.195. The number of hydrogen-bond donors (Lipinski definition) is 1. The van der Waals surface area contributed by atoms with Crippen molar-refractivity contribution in [1.82, 2.24) is 15.1 Å². The van der Waals surface area contributed by atoms with Crippen molar-refractivity contribution in [3.8, 4) is 11.5 Å². The molecule has 0 aliphatic carbocycles. The highest BCUT2D eigenvalue weighted by Crippen LogP contribution is 2.30. The molecule has 2 heterocycles. The van der Waals surface area contributed by atoms with Gasteiger partial charge in [-0.1, -0.05) is 42.1 Å². The molecule has 0 bridgehead atoms. The first-order chi connectivity index (χ1) is 19.0. The fraction of sp³-hybridized carbons (Fsp3) is 0.185. The number of nitrogens with zero attached hydrogens (tertiary/aromatic N) is 5. The molecule has 1 aliphatic rings. The third-order valence-corrected chi connectivity index (χ3v) is 6.99. The molecule has 3 aromatic carbocycles. The number of carbonyl (C=O) groups excluding carboxylic acids is 2. The Bertz CT molecular complexity index is 1470. The third kappa shape index (κ3) is 6.24. The highest BCUT2D eigenvalue weighted by molar-refractivity contribution is 7.99. The van der Waals surface area contributed by atoms with E-state index < -0.39 is 4.92 Å². The number of thioether (sulfide) groups is 1. The Morgan fingerprint density at radius 1 is 0.923 bits per heavy atom. The van der Waals surface area contributed by atoms with Gasteiger partial charge in [0.2, 0.25) is 5.91 Å². The number of para-hydroxylation sites is 1. The number of rotatable bonds is 8. The second-order valence-corrected chi connectivity index (χ2v) is 9.60. The van der Waals surface area contributed by atoms with Crippen LogP contribution in [0.1, 0.15) is 10.4 Å². The van der Waals surface area contributed by atoms with Gasteiger partial charge in [-0.3, -0.25) is 19.7 Å². The molecule has 5 rings (SSSR count). The van der Waals surface area contributed by atoms with Crippen LogP contribution >= 0.6 is 11.8 Å². The zero-order valence-corrected chi connectivity index (χ0v) is 21.5. The van der Waals surface area contributed by atoms with E-state index >= 15 is 0 Å². The number of nitro groups is 1. The van der Waals surface area contributed by atoms with Crippen LogP contribution in [0.25, 0.3) is 11.5 Å². The Kier molecular flexibility index (Phi) is 7.83. The summed E-state index contributed by atoms with van der Waals surface area (Å²) < 4.78 is 5.52. The molecule has 12 heteroatoms. The Balaban J connectivity index is 1.10. The van der Waals surface area contributed by atoms with E-state index in [1.165, 1.54) is 12.1 Å². The van der Waals surface area contributed by atoms with E-state index in [-0.39, 0.29) is 39.9 Å². The van der Waals surface area contributed by atoms with Crippen LogP contribution in [0, 0.1) is 10.1 Å². The van der Waals surface area contributed by atoms with E-state index in [1.807, 2.05) is 59.5 Å². The molecule has 198 valence electrons. The number of nitrogens with one attached hydrogen (secondary N) is 1. The normalized spacial score (nSPS) is 13.2. The summed E-state index contributed by atoms with van der Waals surface area (Å²) in [6, 6.07) is 22.9. The number of piperazine rings is 1. The summed E-state index contributed by atoms with van der Waals surface area (Å²) in [5.74, 6) is -0.167. The maximum absolute atomic E-state index is 12.7. The molecule has 1 saturated heterocycles. The van der Waals surface area contributed by atoms with E-state index in [0.717, 1.165) is 30.5 Å². The van der Waals surface area contributed by atoms with Crippen molar-refractivity contribution >= 4 is 40.6 Å². The Hall–Kier alpha value is -4.71. The minimum absolute atomic E-state index is 0.0195. The molecule has 4 aromatic rings. The first-order valence-electron chi connectivity index (χ1n) is 12.2. The molecule has 0 radical (unpaired) electrons. The molecule has 0 unspecified atom stereocenters. The van der Waals surface area contributed by atoms with Crippen LogP contribution in [-0.2, 0) is 4.79 Å². The summed E-state index contributed by atoms with van der Waals surface area (Å²) in [6.45, 7) is 2.72. The van der Waals surface area contributed by atoms with Crippen LogP contribution in [0.3, 0.4) is 0 Å². The summed E-state index contributed by atoms with van der Waals surface area (Å²) in [5, 5.41) is 22.0. The van der Waals surface area contributed by atoms with Gasteiger partial charge in [-0.05, 0) is 42.5 Å². The van der Waals surface area contributed by atoms with Crippen molar-refractivity contribution in [1.29, 1.82) is 0 Å². The van der Waals surface area contributed by atoms with Crippen molar-refractivity contribution in [2.45, 2.75) is 5.22 Å². The summed E-state index contributed by atoms with van der Waals surface area (Å²) >= 11 is 1.04. The van der Waals surface area contributed by atoms with Gasteiger partial charge in [0, 0.05) is 49.2 Å². The molecular formula is C27H24N6O5S. The van der Waals surface area contributed by atoms with Crippen molar-refractivity contribution in [2.75, 3.05) is 42.1 Å². The Morgan fingerprint density at radius 3 is 2.33 bits per heavy atom.